The first-order valence-corrected chi connectivity index (χ1v) is 9.47. The van der Waals surface area contributed by atoms with Crippen molar-refractivity contribution in [2.75, 3.05) is 5.32 Å². The number of anilines is 1. The number of nitrogens with one attached hydrogen (secondary N) is 1. The van der Waals surface area contributed by atoms with E-state index in [-0.39, 0.29) is 11.3 Å². The first-order chi connectivity index (χ1) is 12.3. The highest BCUT2D eigenvalue weighted by Gasteiger charge is 2.18. The van der Waals surface area contributed by atoms with E-state index >= 15 is 0 Å². The smallest absolute Gasteiger partial charge is 0.306 e. The van der Waals surface area contributed by atoms with Gasteiger partial charge in [-0.15, -0.1) is 0 Å². The molecule has 26 heavy (non-hydrogen) atoms. The third-order valence-electron chi connectivity index (χ3n) is 3.59. The average molecular weight is 376 g/mol. The Hall–Kier alpha value is -2.71. The van der Waals surface area contributed by atoms with Crippen molar-refractivity contribution < 1.29 is 22.7 Å². The van der Waals surface area contributed by atoms with Gasteiger partial charge in [0.1, 0.15) is 0 Å². The van der Waals surface area contributed by atoms with Gasteiger partial charge in [0.15, 0.2) is 6.10 Å². The van der Waals surface area contributed by atoms with Crippen molar-refractivity contribution in [1.82, 2.24) is 0 Å². The zero-order valence-electron chi connectivity index (χ0n) is 14.2. The second-order valence-electron chi connectivity index (χ2n) is 5.68. The van der Waals surface area contributed by atoms with Gasteiger partial charge in [-0.05, 0) is 43.2 Å². The van der Waals surface area contributed by atoms with Crippen LogP contribution in [0.4, 0.5) is 5.69 Å². The lowest BCUT2D eigenvalue weighted by Crippen LogP contribution is -2.30. The third kappa shape index (κ3) is 5.98. The maximum absolute atomic E-state index is 12.1. The molecule has 1 unspecified atom stereocenters. The van der Waals surface area contributed by atoms with Crippen LogP contribution in [-0.2, 0) is 30.8 Å². The Kier molecular flexibility index (Phi) is 6.48. The van der Waals surface area contributed by atoms with Crippen molar-refractivity contribution in [2.45, 2.75) is 30.8 Å². The fourth-order valence-corrected chi connectivity index (χ4v) is 2.69. The SMILES string of the molecule is CC(OC(=O)CCc1ccccc1)C(=O)Nc1ccc(S(N)(=O)=O)cc1. The van der Waals surface area contributed by atoms with E-state index in [1.54, 1.807) is 0 Å². The summed E-state index contributed by atoms with van der Waals surface area (Å²) >= 11 is 0. The maximum atomic E-state index is 12.1. The number of nitrogens with two attached hydrogens (primary N) is 1. The van der Waals surface area contributed by atoms with Crippen molar-refractivity contribution >= 4 is 27.6 Å². The third-order valence-corrected chi connectivity index (χ3v) is 4.52. The van der Waals surface area contributed by atoms with E-state index in [9.17, 15) is 18.0 Å². The van der Waals surface area contributed by atoms with E-state index in [1.165, 1.54) is 31.2 Å². The summed E-state index contributed by atoms with van der Waals surface area (Å²) in [6, 6.07) is 14.9. The molecule has 138 valence electrons. The van der Waals surface area contributed by atoms with Crippen LogP contribution in [0, 0.1) is 0 Å². The van der Waals surface area contributed by atoms with Crippen LogP contribution in [0.5, 0.6) is 0 Å². The molecular formula is C18H20N2O5S. The largest absolute Gasteiger partial charge is 0.453 e. The molecule has 7 nitrogen and oxygen atoms in total. The molecule has 8 heteroatoms. The second kappa shape index (κ2) is 8.59. The van der Waals surface area contributed by atoms with Crippen molar-refractivity contribution in [3.8, 4) is 0 Å². The molecule has 2 aromatic carbocycles. The predicted molar refractivity (Wildman–Crippen MR) is 96.8 cm³/mol. The van der Waals surface area contributed by atoms with Gasteiger partial charge in [0.05, 0.1) is 4.90 Å². The molecule has 3 N–H and O–H groups in total. The van der Waals surface area contributed by atoms with E-state index in [1.807, 2.05) is 30.3 Å². The lowest BCUT2D eigenvalue weighted by Gasteiger charge is -2.13. The molecule has 1 amide bonds. The molecule has 0 fully saturated rings. The van der Waals surface area contributed by atoms with Gasteiger partial charge in [-0.25, -0.2) is 13.6 Å². The standard InChI is InChI=1S/C18H20N2O5S/c1-13(25-17(21)12-7-14-5-3-2-4-6-14)18(22)20-15-8-10-16(11-9-15)26(19,23)24/h2-6,8-11,13H,7,12H2,1H3,(H,20,22)(H2,19,23,24). The van der Waals surface area contributed by atoms with Crippen LogP contribution in [0.1, 0.15) is 18.9 Å². The van der Waals surface area contributed by atoms with Crippen molar-refractivity contribution in [3.63, 3.8) is 0 Å². The highest BCUT2D eigenvalue weighted by Crippen LogP contribution is 2.13. The molecule has 0 aliphatic rings. The number of amides is 1. The molecule has 0 aliphatic carbocycles. The Bertz CT molecular complexity index is 864. The molecule has 0 aromatic heterocycles. The summed E-state index contributed by atoms with van der Waals surface area (Å²) in [4.78, 5) is 23.9. The number of carbonyl (C=O) groups excluding carboxylic acids is 2. The summed E-state index contributed by atoms with van der Waals surface area (Å²) in [5, 5.41) is 7.56. The fraction of sp³-hybridized carbons (Fsp3) is 0.222. The van der Waals surface area contributed by atoms with Crippen molar-refractivity contribution in [3.05, 3.63) is 60.2 Å². The average Bonchev–Trinajstić information content (AvgIpc) is 2.60. The van der Waals surface area contributed by atoms with Crippen LogP contribution >= 0.6 is 0 Å². The van der Waals surface area contributed by atoms with Crippen LogP contribution in [0.15, 0.2) is 59.5 Å². The van der Waals surface area contributed by atoms with Crippen LogP contribution in [0.3, 0.4) is 0 Å². The molecule has 2 rings (SSSR count). The minimum atomic E-state index is -3.79. The molecule has 0 bridgehead atoms. The first-order valence-electron chi connectivity index (χ1n) is 7.93. The fourth-order valence-electron chi connectivity index (χ4n) is 2.17. The molecule has 0 saturated carbocycles. The lowest BCUT2D eigenvalue weighted by molar-refractivity contribution is -0.153. The number of hydrogen-bond acceptors (Lipinski definition) is 5. The van der Waals surface area contributed by atoms with E-state index in [4.69, 9.17) is 9.88 Å². The van der Waals surface area contributed by atoms with Gasteiger partial charge in [0.2, 0.25) is 10.0 Å². The van der Waals surface area contributed by atoms with Crippen LogP contribution < -0.4 is 10.5 Å². The summed E-state index contributed by atoms with van der Waals surface area (Å²) < 4.78 is 27.5. The quantitative estimate of drug-likeness (QED) is 0.715. The molecule has 0 heterocycles. The topological polar surface area (TPSA) is 116 Å². The first kappa shape index (κ1) is 19.6. The van der Waals surface area contributed by atoms with Crippen LogP contribution in [0.2, 0.25) is 0 Å². The number of benzene rings is 2. The number of rotatable bonds is 7. The molecule has 0 saturated heterocycles. The summed E-state index contributed by atoms with van der Waals surface area (Å²) in [5.74, 6) is -0.984. The number of sulfonamides is 1. The summed E-state index contributed by atoms with van der Waals surface area (Å²) in [6.07, 6.45) is -0.274. The van der Waals surface area contributed by atoms with E-state index < -0.39 is 28.0 Å². The molecule has 0 radical (unpaired) electrons. The Morgan fingerprint density at radius 2 is 1.69 bits per heavy atom. The van der Waals surface area contributed by atoms with Gasteiger partial charge in [-0.1, -0.05) is 30.3 Å². The van der Waals surface area contributed by atoms with Crippen LogP contribution in [-0.4, -0.2) is 26.4 Å². The minimum absolute atomic E-state index is 0.0594. The van der Waals surface area contributed by atoms with Crippen molar-refractivity contribution in [1.29, 1.82) is 0 Å². The zero-order valence-corrected chi connectivity index (χ0v) is 15.0. The predicted octanol–water partition coefficient (Wildman–Crippen LogP) is 1.84. The van der Waals surface area contributed by atoms with E-state index in [0.717, 1.165) is 5.56 Å². The Balaban J connectivity index is 1.84. The van der Waals surface area contributed by atoms with Gasteiger partial charge < -0.3 is 10.1 Å². The monoisotopic (exact) mass is 376 g/mol. The number of hydrogen-bond donors (Lipinski definition) is 2. The molecule has 0 spiro atoms. The Labute approximate surface area is 152 Å². The van der Waals surface area contributed by atoms with Gasteiger partial charge in [0, 0.05) is 12.1 Å². The number of carbonyl (C=O) groups is 2. The zero-order chi connectivity index (χ0) is 19.2. The van der Waals surface area contributed by atoms with Gasteiger partial charge >= 0.3 is 5.97 Å². The van der Waals surface area contributed by atoms with Gasteiger partial charge in [-0.2, -0.15) is 0 Å². The van der Waals surface area contributed by atoms with Crippen LogP contribution in [0.25, 0.3) is 0 Å². The Morgan fingerprint density at radius 3 is 2.27 bits per heavy atom. The van der Waals surface area contributed by atoms with E-state index in [2.05, 4.69) is 5.32 Å². The van der Waals surface area contributed by atoms with Gasteiger partial charge in [-0.3, -0.25) is 9.59 Å². The molecule has 1 atom stereocenters. The second-order valence-corrected chi connectivity index (χ2v) is 7.24. The number of primary sulfonamides is 1. The minimum Gasteiger partial charge on any atom is -0.453 e. The highest BCUT2D eigenvalue weighted by molar-refractivity contribution is 7.89. The summed E-state index contributed by atoms with van der Waals surface area (Å²) in [7, 11) is -3.79. The molecule has 2 aromatic rings. The normalized spacial score (nSPS) is 12.2. The lowest BCUT2D eigenvalue weighted by atomic mass is 10.1. The number of aryl methyl sites for hydroxylation is 1. The summed E-state index contributed by atoms with van der Waals surface area (Å²) in [6.45, 7) is 1.47. The number of esters is 1. The molecular weight excluding hydrogens is 356 g/mol. The van der Waals surface area contributed by atoms with Crippen molar-refractivity contribution in [2.24, 2.45) is 5.14 Å². The van der Waals surface area contributed by atoms with Gasteiger partial charge in [0.25, 0.3) is 5.91 Å². The van der Waals surface area contributed by atoms with E-state index in [0.29, 0.717) is 12.1 Å². The Morgan fingerprint density at radius 1 is 1.08 bits per heavy atom. The number of ether oxygens (including phenoxy) is 1. The highest BCUT2D eigenvalue weighted by atomic mass is 32.2. The maximum Gasteiger partial charge on any atom is 0.306 e. The summed E-state index contributed by atoms with van der Waals surface area (Å²) in [5.41, 5.74) is 1.38. The molecule has 0 aliphatic heterocycles.